The number of hydrogen-bond acceptors (Lipinski definition) is 5. The van der Waals surface area contributed by atoms with Gasteiger partial charge >= 0.3 is 0 Å². The van der Waals surface area contributed by atoms with Crippen LogP contribution >= 0.6 is 0 Å². The van der Waals surface area contributed by atoms with E-state index in [9.17, 15) is 9.59 Å². The zero-order valence-electron chi connectivity index (χ0n) is 18.2. The summed E-state index contributed by atoms with van der Waals surface area (Å²) in [6.45, 7) is 6.35. The first kappa shape index (κ1) is 22.5. The van der Waals surface area contributed by atoms with Gasteiger partial charge in [-0.1, -0.05) is 37.3 Å². The zero-order valence-corrected chi connectivity index (χ0v) is 18.2. The molecule has 0 spiro atoms. The van der Waals surface area contributed by atoms with Gasteiger partial charge in [0.1, 0.15) is 5.75 Å². The number of carbonyl (C=O) groups excluding carboxylic acids is 2. The van der Waals surface area contributed by atoms with E-state index in [4.69, 9.17) is 14.2 Å². The van der Waals surface area contributed by atoms with E-state index in [1.54, 1.807) is 15.9 Å². The van der Waals surface area contributed by atoms with Crippen LogP contribution in [0.25, 0.3) is 0 Å². The number of ether oxygens (including phenoxy) is 3. The quantitative estimate of drug-likeness (QED) is 0.617. The molecule has 0 bridgehead atoms. The largest absolute Gasteiger partial charge is 0.490 e. The Morgan fingerprint density at radius 3 is 1.68 bits per heavy atom. The Kier molecular flexibility index (Phi) is 8.15. The van der Waals surface area contributed by atoms with Gasteiger partial charge in [-0.05, 0) is 37.1 Å². The average molecular weight is 427 g/mol. The van der Waals surface area contributed by atoms with Crippen LogP contribution < -0.4 is 14.2 Å². The van der Waals surface area contributed by atoms with Gasteiger partial charge in [-0.2, -0.15) is 0 Å². The highest BCUT2D eigenvalue weighted by atomic mass is 16.5. The smallest absolute Gasteiger partial charge is 0.260 e. The number of benzene rings is 2. The number of piperazine rings is 1. The van der Waals surface area contributed by atoms with Crippen molar-refractivity contribution in [3.63, 3.8) is 0 Å². The van der Waals surface area contributed by atoms with Gasteiger partial charge < -0.3 is 24.0 Å². The Morgan fingerprint density at radius 1 is 0.710 bits per heavy atom. The lowest BCUT2D eigenvalue weighted by molar-refractivity contribution is -0.141. The predicted molar refractivity (Wildman–Crippen MR) is 118 cm³/mol. The monoisotopic (exact) mass is 426 g/mol. The van der Waals surface area contributed by atoms with Gasteiger partial charge in [-0.25, -0.2) is 0 Å². The highest BCUT2D eigenvalue weighted by Gasteiger charge is 2.25. The molecule has 7 nitrogen and oxygen atoms in total. The molecule has 0 unspecified atom stereocenters. The summed E-state index contributed by atoms with van der Waals surface area (Å²) >= 11 is 0. The third-order valence-corrected chi connectivity index (χ3v) is 5.19. The standard InChI is InChI=1S/C24H30N2O5/c1-3-19-9-5-6-10-20(19)30-17-23(27)25-13-15-26(16-14-25)24(28)18-31-22-12-8-7-11-21(22)29-4-2/h5-12H,3-4,13-18H2,1-2H3. The molecule has 1 fully saturated rings. The first-order valence-corrected chi connectivity index (χ1v) is 10.7. The minimum absolute atomic E-state index is 0.00227. The zero-order chi connectivity index (χ0) is 22.1. The van der Waals surface area contributed by atoms with Crippen LogP contribution in [0.1, 0.15) is 19.4 Å². The van der Waals surface area contributed by atoms with Crippen molar-refractivity contribution < 1.29 is 23.8 Å². The summed E-state index contributed by atoms with van der Waals surface area (Å²) in [6, 6.07) is 15.0. The van der Waals surface area contributed by atoms with E-state index in [-0.39, 0.29) is 25.0 Å². The molecule has 0 aliphatic carbocycles. The molecule has 1 heterocycles. The molecule has 0 N–H and O–H groups in total. The molecule has 31 heavy (non-hydrogen) atoms. The van der Waals surface area contributed by atoms with Crippen molar-refractivity contribution >= 4 is 11.8 Å². The molecular formula is C24H30N2O5. The number of carbonyl (C=O) groups is 2. The van der Waals surface area contributed by atoms with E-state index >= 15 is 0 Å². The van der Waals surface area contributed by atoms with Gasteiger partial charge in [0.05, 0.1) is 6.61 Å². The first-order valence-electron chi connectivity index (χ1n) is 10.7. The first-order chi connectivity index (χ1) is 15.1. The van der Waals surface area contributed by atoms with Gasteiger partial charge in [0.2, 0.25) is 0 Å². The van der Waals surface area contributed by atoms with Crippen molar-refractivity contribution in [2.45, 2.75) is 20.3 Å². The topological polar surface area (TPSA) is 68.3 Å². The van der Waals surface area contributed by atoms with Crippen LogP contribution in [0.3, 0.4) is 0 Å². The molecule has 1 aliphatic rings. The Balaban J connectivity index is 1.43. The molecule has 1 aliphatic heterocycles. The van der Waals surface area contributed by atoms with Crippen LogP contribution in [0.15, 0.2) is 48.5 Å². The highest BCUT2D eigenvalue weighted by Crippen LogP contribution is 2.26. The molecule has 0 aromatic heterocycles. The summed E-state index contributed by atoms with van der Waals surface area (Å²) in [6.07, 6.45) is 0.849. The molecule has 0 saturated carbocycles. The third-order valence-electron chi connectivity index (χ3n) is 5.19. The van der Waals surface area contributed by atoms with E-state index in [1.165, 1.54) is 0 Å². The summed E-state index contributed by atoms with van der Waals surface area (Å²) in [5, 5.41) is 0. The third kappa shape index (κ3) is 6.13. The molecule has 2 aromatic rings. The summed E-state index contributed by atoms with van der Waals surface area (Å²) in [5.74, 6) is 1.75. The van der Waals surface area contributed by atoms with Crippen molar-refractivity contribution in [1.29, 1.82) is 0 Å². The van der Waals surface area contributed by atoms with E-state index in [2.05, 4.69) is 6.92 Å². The van der Waals surface area contributed by atoms with Crippen LogP contribution in [0.4, 0.5) is 0 Å². The van der Waals surface area contributed by atoms with E-state index < -0.39 is 0 Å². The van der Waals surface area contributed by atoms with E-state index in [0.717, 1.165) is 17.7 Å². The van der Waals surface area contributed by atoms with Crippen LogP contribution in [-0.2, 0) is 16.0 Å². The Hall–Kier alpha value is -3.22. The maximum atomic E-state index is 12.5. The highest BCUT2D eigenvalue weighted by molar-refractivity contribution is 5.80. The predicted octanol–water partition coefficient (Wildman–Crippen LogP) is 2.78. The fourth-order valence-electron chi connectivity index (χ4n) is 3.45. The number of rotatable bonds is 9. The fraction of sp³-hybridized carbons (Fsp3) is 0.417. The minimum Gasteiger partial charge on any atom is -0.490 e. The van der Waals surface area contributed by atoms with Gasteiger partial charge in [-0.15, -0.1) is 0 Å². The maximum absolute atomic E-state index is 12.5. The van der Waals surface area contributed by atoms with Crippen molar-refractivity contribution in [2.75, 3.05) is 46.0 Å². The summed E-state index contributed by atoms with van der Waals surface area (Å²) < 4.78 is 16.9. The number of aryl methyl sites for hydroxylation is 1. The summed E-state index contributed by atoms with van der Waals surface area (Å²) in [4.78, 5) is 28.5. The lowest BCUT2D eigenvalue weighted by Gasteiger charge is -2.34. The van der Waals surface area contributed by atoms with E-state index in [0.29, 0.717) is 44.3 Å². The average Bonchev–Trinajstić information content (AvgIpc) is 2.82. The summed E-state index contributed by atoms with van der Waals surface area (Å²) in [5.41, 5.74) is 1.08. The lowest BCUT2D eigenvalue weighted by atomic mass is 10.1. The molecule has 0 atom stereocenters. The number of amides is 2. The Morgan fingerprint density at radius 2 is 1.16 bits per heavy atom. The molecule has 7 heteroatoms. The molecule has 1 saturated heterocycles. The molecule has 166 valence electrons. The van der Waals surface area contributed by atoms with Crippen molar-refractivity contribution in [3.8, 4) is 17.2 Å². The maximum Gasteiger partial charge on any atom is 0.260 e. The van der Waals surface area contributed by atoms with Crippen molar-refractivity contribution in [1.82, 2.24) is 9.80 Å². The SMILES string of the molecule is CCOc1ccccc1OCC(=O)N1CCN(C(=O)COc2ccccc2CC)CC1. The van der Waals surface area contributed by atoms with E-state index in [1.807, 2.05) is 49.4 Å². The second-order valence-corrected chi connectivity index (χ2v) is 7.18. The van der Waals surface area contributed by atoms with Crippen LogP contribution in [0.2, 0.25) is 0 Å². The van der Waals surface area contributed by atoms with Gasteiger partial charge in [-0.3, -0.25) is 9.59 Å². The second kappa shape index (κ2) is 11.2. The van der Waals surface area contributed by atoms with Gasteiger partial charge in [0, 0.05) is 26.2 Å². The fourth-order valence-corrected chi connectivity index (χ4v) is 3.45. The number of nitrogens with zero attached hydrogens (tertiary/aromatic N) is 2. The molecule has 0 radical (unpaired) electrons. The van der Waals surface area contributed by atoms with Crippen molar-refractivity contribution in [3.05, 3.63) is 54.1 Å². The van der Waals surface area contributed by atoms with Crippen LogP contribution in [0, 0.1) is 0 Å². The van der Waals surface area contributed by atoms with Crippen LogP contribution in [0.5, 0.6) is 17.2 Å². The summed E-state index contributed by atoms with van der Waals surface area (Å²) in [7, 11) is 0. The van der Waals surface area contributed by atoms with Crippen LogP contribution in [-0.4, -0.2) is 67.6 Å². The van der Waals surface area contributed by atoms with Gasteiger partial charge in [0.25, 0.3) is 11.8 Å². The Labute approximate surface area is 183 Å². The molecule has 2 amide bonds. The number of para-hydroxylation sites is 3. The molecule has 3 rings (SSSR count). The van der Waals surface area contributed by atoms with Crippen molar-refractivity contribution in [2.24, 2.45) is 0 Å². The second-order valence-electron chi connectivity index (χ2n) is 7.18. The normalized spacial score (nSPS) is 13.6. The minimum atomic E-state index is -0.105. The molecular weight excluding hydrogens is 396 g/mol. The van der Waals surface area contributed by atoms with Gasteiger partial charge in [0.15, 0.2) is 24.7 Å². The number of hydrogen-bond donors (Lipinski definition) is 0. The molecule has 2 aromatic carbocycles. The lowest BCUT2D eigenvalue weighted by Crippen LogP contribution is -2.52. The Bertz CT molecular complexity index is 878.